The number of hydrogen-bond donors (Lipinski definition) is 2. The molecule has 1 amide bonds. The molecule has 1 saturated heterocycles. The lowest BCUT2D eigenvalue weighted by Crippen LogP contribution is -2.44. The summed E-state index contributed by atoms with van der Waals surface area (Å²) in [7, 11) is 2.12. The number of piperidine rings is 1. The van der Waals surface area contributed by atoms with E-state index in [1.54, 1.807) is 6.07 Å². The van der Waals surface area contributed by atoms with Crippen molar-refractivity contribution in [1.82, 2.24) is 10.2 Å². The highest BCUT2D eigenvalue weighted by Gasteiger charge is 2.20. The van der Waals surface area contributed by atoms with Crippen molar-refractivity contribution in [3.63, 3.8) is 0 Å². The number of likely N-dealkylation sites (N-methyl/N-ethyl adjacent to an activating group) is 1. The Morgan fingerprint density at radius 2 is 2.47 bits per heavy atom. The molecule has 0 radical (unpaired) electrons. The fourth-order valence-corrected chi connectivity index (χ4v) is 2.93. The minimum absolute atomic E-state index is 0.0449. The van der Waals surface area contributed by atoms with Gasteiger partial charge in [0.1, 0.15) is 4.88 Å². The molecule has 17 heavy (non-hydrogen) atoms. The molecule has 1 aromatic rings. The number of nitrogens with one attached hydrogen (secondary N) is 1. The second kappa shape index (κ2) is 5.51. The van der Waals surface area contributed by atoms with Gasteiger partial charge in [-0.1, -0.05) is 6.42 Å². The number of nitrogen functional groups attached to an aromatic ring is 1. The summed E-state index contributed by atoms with van der Waals surface area (Å²) < 4.78 is 0. The van der Waals surface area contributed by atoms with Crippen LogP contribution in [-0.4, -0.2) is 37.0 Å². The van der Waals surface area contributed by atoms with Crippen molar-refractivity contribution in [3.8, 4) is 0 Å². The van der Waals surface area contributed by atoms with Crippen LogP contribution < -0.4 is 11.1 Å². The number of likely N-dealkylation sites (tertiary alicyclic amines) is 1. The van der Waals surface area contributed by atoms with E-state index in [1.165, 1.54) is 24.2 Å². The quantitative estimate of drug-likeness (QED) is 0.859. The first-order valence-electron chi connectivity index (χ1n) is 6.00. The number of carbonyl (C=O) groups is 1. The number of nitrogens with two attached hydrogens (primary N) is 1. The van der Waals surface area contributed by atoms with Gasteiger partial charge in [0.05, 0.1) is 5.69 Å². The van der Waals surface area contributed by atoms with E-state index in [0.717, 1.165) is 13.0 Å². The van der Waals surface area contributed by atoms with Crippen LogP contribution >= 0.6 is 11.3 Å². The molecular formula is C12H19N3OS. The van der Waals surface area contributed by atoms with Crippen LogP contribution in [0.5, 0.6) is 0 Å². The zero-order valence-electron chi connectivity index (χ0n) is 10.1. The molecule has 0 aliphatic carbocycles. The van der Waals surface area contributed by atoms with Crippen molar-refractivity contribution in [3.05, 3.63) is 16.3 Å². The number of hydrogen-bond acceptors (Lipinski definition) is 4. The number of thiophene rings is 1. The Labute approximate surface area is 106 Å². The first-order valence-corrected chi connectivity index (χ1v) is 6.88. The van der Waals surface area contributed by atoms with Crippen LogP contribution in [0.3, 0.4) is 0 Å². The van der Waals surface area contributed by atoms with Gasteiger partial charge in [-0.2, -0.15) is 0 Å². The minimum Gasteiger partial charge on any atom is -0.397 e. The molecule has 0 bridgehead atoms. The van der Waals surface area contributed by atoms with Gasteiger partial charge < -0.3 is 16.0 Å². The number of nitrogens with zero attached hydrogens (tertiary/aromatic N) is 1. The molecule has 3 N–H and O–H groups in total. The predicted octanol–water partition coefficient (Wildman–Crippen LogP) is 1.54. The summed E-state index contributed by atoms with van der Waals surface area (Å²) >= 11 is 1.39. The van der Waals surface area contributed by atoms with E-state index < -0.39 is 0 Å². The minimum atomic E-state index is -0.0449. The molecule has 2 rings (SSSR count). The summed E-state index contributed by atoms with van der Waals surface area (Å²) in [5.41, 5.74) is 6.29. The lowest BCUT2D eigenvalue weighted by molar-refractivity contribution is 0.0933. The molecular weight excluding hydrogens is 234 g/mol. The van der Waals surface area contributed by atoms with Gasteiger partial charge in [0, 0.05) is 12.6 Å². The van der Waals surface area contributed by atoms with Crippen LogP contribution in [0.15, 0.2) is 11.4 Å². The van der Waals surface area contributed by atoms with Crippen molar-refractivity contribution >= 4 is 22.9 Å². The van der Waals surface area contributed by atoms with Crippen LogP contribution in [0.4, 0.5) is 5.69 Å². The van der Waals surface area contributed by atoms with Crippen molar-refractivity contribution in [1.29, 1.82) is 0 Å². The number of rotatable bonds is 3. The fourth-order valence-electron chi connectivity index (χ4n) is 2.20. The first-order chi connectivity index (χ1) is 8.18. The summed E-state index contributed by atoms with van der Waals surface area (Å²) in [6.45, 7) is 1.84. The lowest BCUT2D eigenvalue weighted by atomic mass is 10.0. The third-order valence-electron chi connectivity index (χ3n) is 3.32. The third kappa shape index (κ3) is 2.98. The molecule has 1 aliphatic rings. The number of anilines is 1. The van der Waals surface area contributed by atoms with Gasteiger partial charge in [-0.15, -0.1) is 11.3 Å². The van der Waals surface area contributed by atoms with Gasteiger partial charge in [0.25, 0.3) is 5.91 Å². The largest absolute Gasteiger partial charge is 0.397 e. The molecule has 1 unspecified atom stereocenters. The second-order valence-corrected chi connectivity index (χ2v) is 5.46. The van der Waals surface area contributed by atoms with Gasteiger partial charge in [-0.3, -0.25) is 4.79 Å². The topological polar surface area (TPSA) is 58.4 Å². The lowest BCUT2D eigenvalue weighted by Gasteiger charge is -2.32. The van der Waals surface area contributed by atoms with Crippen LogP contribution in [-0.2, 0) is 0 Å². The van der Waals surface area contributed by atoms with Gasteiger partial charge in [0.15, 0.2) is 0 Å². The highest BCUT2D eigenvalue weighted by Crippen LogP contribution is 2.19. The smallest absolute Gasteiger partial charge is 0.263 e. The molecule has 0 saturated carbocycles. The van der Waals surface area contributed by atoms with Crippen molar-refractivity contribution in [2.24, 2.45) is 0 Å². The molecule has 2 heterocycles. The van der Waals surface area contributed by atoms with E-state index in [9.17, 15) is 4.79 Å². The normalized spacial score (nSPS) is 21.4. The van der Waals surface area contributed by atoms with Crippen LogP contribution in [0.25, 0.3) is 0 Å². The second-order valence-electron chi connectivity index (χ2n) is 4.55. The van der Waals surface area contributed by atoms with Crippen LogP contribution in [0, 0.1) is 0 Å². The van der Waals surface area contributed by atoms with Crippen LogP contribution in [0.2, 0.25) is 0 Å². The molecule has 1 fully saturated rings. The molecule has 94 valence electrons. The highest BCUT2D eigenvalue weighted by atomic mass is 32.1. The van der Waals surface area contributed by atoms with E-state index in [4.69, 9.17) is 5.73 Å². The Bertz CT molecular complexity index is 391. The van der Waals surface area contributed by atoms with E-state index in [2.05, 4.69) is 17.3 Å². The number of carbonyl (C=O) groups excluding carboxylic acids is 1. The maximum absolute atomic E-state index is 11.9. The molecule has 1 atom stereocenters. The zero-order valence-corrected chi connectivity index (χ0v) is 10.9. The van der Waals surface area contributed by atoms with Gasteiger partial charge in [0.2, 0.25) is 0 Å². The average molecular weight is 253 g/mol. The number of amides is 1. The van der Waals surface area contributed by atoms with Crippen molar-refractivity contribution in [2.75, 3.05) is 25.9 Å². The summed E-state index contributed by atoms with van der Waals surface area (Å²) in [5, 5.41) is 4.82. The van der Waals surface area contributed by atoms with Gasteiger partial charge >= 0.3 is 0 Å². The highest BCUT2D eigenvalue weighted by molar-refractivity contribution is 7.12. The Morgan fingerprint density at radius 1 is 1.65 bits per heavy atom. The monoisotopic (exact) mass is 253 g/mol. The molecule has 1 aromatic heterocycles. The Hall–Kier alpha value is -1.07. The summed E-state index contributed by atoms with van der Waals surface area (Å²) in [5.74, 6) is -0.0449. The zero-order chi connectivity index (χ0) is 12.3. The molecule has 5 heteroatoms. The Morgan fingerprint density at radius 3 is 3.12 bits per heavy atom. The third-order valence-corrected chi connectivity index (χ3v) is 4.25. The standard InChI is InChI=1S/C12H19N3OS/c1-15-6-3-2-4-9(15)8-14-12(16)11-10(13)5-7-17-11/h5,7,9H,2-4,6,8,13H2,1H3,(H,14,16). The average Bonchev–Trinajstić information content (AvgIpc) is 2.74. The maximum Gasteiger partial charge on any atom is 0.263 e. The van der Waals surface area contributed by atoms with E-state index >= 15 is 0 Å². The Balaban J connectivity index is 1.86. The summed E-state index contributed by atoms with van der Waals surface area (Å²) in [6, 6.07) is 2.24. The summed E-state index contributed by atoms with van der Waals surface area (Å²) in [6.07, 6.45) is 3.68. The Kier molecular flexibility index (Phi) is 4.02. The molecule has 0 spiro atoms. The molecule has 0 aromatic carbocycles. The predicted molar refractivity (Wildman–Crippen MR) is 71.3 cm³/mol. The van der Waals surface area contributed by atoms with Gasteiger partial charge in [-0.25, -0.2) is 0 Å². The fraction of sp³-hybridized carbons (Fsp3) is 0.583. The van der Waals surface area contributed by atoms with Crippen LogP contribution in [0.1, 0.15) is 28.9 Å². The van der Waals surface area contributed by atoms with E-state index in [0.29, 0.717) is 23.2 Å². The van der Waals surface area contributed by atoms with Crippen molar-refractivity contribution in [2.45, 2.75) is 25.3 Å². The SMILES string of the molecule is CN1CCCCC1CNC(=O)c1sccc1N. The molecule has 1 aliphatic heterocycles. The first kappa shape index (κ1) is 12.4. The van der Waals surface area contributed by atoms with E-state index in [-0.39, 0.29) is 5.91 Å². The van der Waals surface area contributed by atoms with E-state index in [1.807, 2.05) is 5.38 Å². The van der Waals surface area contributed by atoms with Crippen molar-refractivity contribution < 1.29 is 4.79 Å². The molecule has 4 nitrogen and oxygen atoms in total. The summed E-state index contributed by atoms with van der Waals surface area (Å²) in [4.78, 5) is 14.8. The maximum atomic E-state index is 11.9. The van der Waals surface area contributed by atoms with Gasteiger partial charge in [-0.05, 0) is 37.9 Å².